The number of nitrogens with one attached hydrogen (secondary N) is 3. The highest BCUT2D eigenvalue weighted by molar-refractivity contribution is 6.00. The lowest BCUT2D eigenvalue weighted by Crippen LogP contribution is -2.48. The Morgan fingerprint density at radius 3 is 2.47 bits per heavy atom. The Hall–Kier alpha value is -4.14. The summed E-state index contributed by atoms with van der Waals surface area (Å²) < 4.78 is 5.32. The Bertz CT molecular complexity index is 1510. The van der Waals surface area contributed by atoms with Crippen LogP contribution in [0.4, 0.5) is 0 Å². The molecule has 8 heteroatoms. The van der Waals surface area contributed by atoms with Gasteiger partial charge >= 0.3 is 0 Å². The zero-order chi connectivity index (χ0) is 30.8. The van der Waals surface area contributed by atoms with Crippen LogP contribution >= 0.6 is 0 Å². The van der Waals surface area contributed by atoms with Crippen molar-refractivity contribution >= 4 is 22.7 Å². The Labute approximate surface area is 254 Å². The highest BCUT2D eigenvalue weighted by Gasteiger charge is 2.24. The van der Waals surface area contributed by atoms with E-state index in [1.54, 1.807) is 19.2 Å². The van der Waals surface area contributed by atoms with E-state index in [4.69, 9.17) is 4.74 Å². The fourth-order valence-corrected chi connectivity index (χ4v) is 5.38. The number of aromatic nitrogens is 1. The summed E-state index contributed by atoms with van der Waals surface area (Å²) in [6.07, 6.45) is 3.19. The van der Waals surface area contributed by atoms with Crippen LogP contribution in [0.5, 0.6) is 5.75 Å². The van der Waals surface area contributed by atoms with Crippen molar-refractivity contribution in [3.63, 3.8) is 0 Å². The molecule has 228 valence electrons. The number of rotatable bonds is 15. The third kappa shape index (κ3) is 8.69. The number of fused-ring (bicyclic) bond motifs is 1. The van der Waals surface area contributed by atoms with Crippen LogP contribution in [-0.2, 0) is 13.0 Å². The van der Waals surface area contributed by atoms with E-state index in [9.17, 15) is 14.7 Å². The van der Waals surface area contributed by atoms with Crippen molar-refractivity contribution < 1.29 is 19.4 Å². The standard InChI is InChI=1S/C35H44N4O4/c1-5-14-39(15-6-2)35(42)29-17-24(3)16-28(21-29)34(41)38-32(20-25-10-11-31-27(18-25)12-13-37-31)33(40)23-36-22-26-8-7-9-30(19-26)43-4/h7-13,16-19,21,32-33,36-37,40H,5-6,14-15,20,22-23H2,1-4H3,(H,38,41)/t32-,33+/m0/s1. The number of carbonyl (C=O) groups excluding carboxylic acids is 2. The van der Waals surface area contributed by atoms with Crippen molar-refractivity contribution in [1.29, 1.82) is 0 Å². The number of aromatic amines is 1. The highest BCUT2D eigenvalue weighted by atomic mass is 16.5. The molecule has 2 amide bonds. The van der Waals surface area contributed by atoms with Gasteiger partial charge in [-0.05, 0) is 96.8 Å². The van der Waals surface area contributed by atoms with Gasteiger partial charge in [-0.25, -0.2) is 0 Å². The molecule has 0 aliphatic carbocycles. The monoisotopic (exact) mass is 584 g/mol. The fraction of sp³-hybridized carbons (Fsp3) is 0.371. The van der Waals surface area contributed by atoms with Crippen molar-refractivity contribution in [2.75, 3.05) is 26.7 Å². The number of ether oxygens (including phenoxy) is 1. The van der Waals surface area contributed by atoms with Crippen LogP contribution < -0.4 is 15.4 Å². The van der Waals surface area contributed by atoms with E-state index in [-0.39, 0.29) is 18.4 Å². The number of aryl methyl sites for hydroxylation is 1. The Balaban J connectivity index is 1.52. The molecule has 2 atom stereocenters. The number of hydrogen-bond donors (Lipinski definition) is 4. The molecule has 0 spiro atoms. The minimum Gasteiger partial charge on any atom is -0.497 e. The minimum absolute atomic E-state index is 0.0698. The second-order valence-electron chi connectivity index (χ2n) is 11.1. The smallest absolute Gasteiger partial charge is 0.253 e. The van der Waals surface area contributed by atoms with Crippen LogP contribution in [0, 0.1) is 6.92 Å². The molecule has 0 aliphatic heterocycles. The third-order valence-electron chi connectivity index (χ3n) is 7.53. The molecule has 4 aromatic rings. The first kappa shape index (κ1) is 31.8. The molecule has 1 aromatic heterocycles. The number of carbonyl (C=O) groups is 2. The van der Waals surface area contributed by atoms with Gasteiger partial charge in [0.05, 0.1) is 19.3 Å². The van der Waals surface area contributed by atoms with Gasteiger partial charge in [0.25, 0.3) is 11.8 Å². The molecule has 0 saturated carbocycles. The average molecular weight is 585 g/mol. The number of H-pyrrole nitrogens is 1. The van der Waals surface area contributed by atoms with Crippen LogP contribution in [0.3, 0.4) is 0 Å². The largest absolute Gasteiger partial charge is 0.497 e. The SMILES string of the molecule is CCCN(CCC)C(=O)c1cc(C)cc(C(=O)N[C@@H](Cc2ccc3[nH]ccc3c2)[C@H](O)CNCc2cccc(OC)c2)c1. The summed E-state index contributed by atoms with van der Waals surface area (Å²) in [7, 11) is 1.63. The number of hydrogen-bond acceptors (Lipinski definition) is 5. The highest BCUT2D eigenvalue weighted by Crippen LogP contribution is 2.18. The molecule has 4 rings (SSSR count). The maximum Gasteiger partial charge on any atom is 0.253 e. The van der Waals surface area contributed by atoms with Gasteiger partial charge in [0, 0.05) is 49.0 Å². The van der Waals surface area contributed by atoms with Gasteiger partial charge in [-0.3, -0.25) is 9.59 Å². The first-order valence-electron chi connectivity index (χ1n) is 15.1. The summed E-state index contributed by atoms with van der Waals surface area (Å²) in [6, 6.07) is 20.6. The summed E-state index contributed by atoms with van der Waals surface area (Å²) in [4.78, 5) is 32.0. The molecule has 0 fully saturated rings. The van der Waals surface area contributed by atoms with Gasteiger partial charge in [0.1, 0.15) is 5.75 Å². The van der Waals surface area contributed by atoms with Gasteiger partial charge in [-0.2, -0.15) is 0 Å². The molecule has 8 nitrogen and oxygen atoms in total. The van der Waals surface area contributed by atoms with Crippen molar-refractivity contribution in [2.24, 2.45) is 0 Å². The van der Waals surface area contributed by atoms with Gasteiger partial charge < -0.3 is 30.4 Å². The minimum atomic E-state index is -0.869. The third-order valence-corrected chi connectivity index (χ3v) is 7.53. The van der Waals surface area contributed by atoms with Gasteiger partial charge in [0.15, 0.2) is 0 Å². The zero-order valence-electron chi connectivity index (χ0n) is 25.7. The number of nitrogens with zero attached hydrogens (tertiary/aromatic N) is 1. The molecular weight excluding hydrogens is 540 g/mol. The van der Waals surface area contributed by atoms with Crippen LogP contribution in [0.1, 0.15) is 64.1 Å². The number of aliphatic hydroxyl groups is 1. The maximum atomic E-state index is 13.6. The summed E-state index contributed by atoms with van der Waals surface area (Å²) in [5.74, 6) is 0.378. The van der Waals surface area contributed by atoms with E-state index in [2.05, 4.69) is 35.5 Å². The number of methoxy groups -OCH3 is 1. The van der Waals surface area contributed by atoms with Crippen LogP contribution in [0.2, 0.25) is 0 Å². The van der Waals surface area contributed by atoms with Gasteiger partial charge in [-0.1, -0.05) is 32.0 Å². The molecule has 3 aromatic carbocycles. The number of amides is 2. The molecule has 0 saturated heterocycles. The lowest BCUT2D eigenvalue weighted by Gasteiger charge is -2.25. The topological polar surface area (TPSA) is 107 Å². The summed E-state index contributed by atoms with van der Waals surface area (Å²) in [6.45, 7) is 8.15. The molecule has 0 unspecified atom stereocenters. The molecule has 43 heavy (non-hydrogen) atoms. The average Bonchev–Trinajstić information content (AvgIpc) is 3.48. The second-order valence-corrected chi connectivity index (χ2v) is 11.1. The maximum absolute atomic E-state index is 13.6. The summed E-state index contributed by atoms with van der Waals surface area (Å²) in [5, 5.41) is 18.8. The van der Waals surface area contributed by atoms with Gasteiger partial charge in [0.2, 0.25) is 0 Å². The fourth-order valence-electron chi connectivity index (χ4n) is 5.38. The van der Waals surface area contributed by atoms with Gasteiger partial charge in [-0.15, -0.1) is 0 Å². The van der Waals surface area contributed by atoms with Crippen molar-refractivity contribution in [2.45, 2.75) is 58.7 Å². The molecule has 1 heterocycles. The molecule has 0 radical (unpaired) electrons. The van der Waals surface area contributed by atoms with Crippen molar-refractivity contribution in [3.8, 4) is 5.75 Å². The molecular formula is C35H44N4O4. The first-order valence-corrected chi connectivity index (χ1v) is 15.1. The van der Waals surface area contributed by atoms with Crippen LogP contribution in [-0.4, -0.2) is 65.7 Å². The van der Waals surface area contributed by atoms with E-state index in [1.807, 2.05) is 66.6 Å². The number of benzene rings is 3. The van der Waals surface area contributed by atoms with Crippen LogP contribution in [0.25, 0.3) is 10.9 Å². The van der Waals surface area contributed by atoms with Crippen molar-refractivity contribution in [1.82, 2.24) is 20.5 Å². The normalized spacial score (nSPS) is 12.6. The summed E-state index contributed by atoms with van der Waals surface area (Å²) >= 11 is 0. The molecule has 0 aliphatic rings. The Morgan fingerprint density at radius 2 is 1.72 bits per heavy atom. The van der Waals surface area contributed by atoms with E-state index in [0.717, 1.165) is 46.2 Å². The molecule has 4 N–H and O–H groups in total. The lowest BCUT2D eigenvalue weighted by atomic mass is 9.98. The zero-order valence-corrected chi connectivity index (χ0v) is 25.7. The Morgan fingerprint density at radius 1 is 0.953 bits per heavy atom. The quantitative estimate of drug-likeness (QED) is 0.153. The number of aliphatic hydroxyl groups excluding tert-OH is 1. The van der Waals surface area contributed by atoms with E-state index >= 15 is 0 Å². The van der Waals surface area contributed by atoms with Crippen LogP contribution in [0.15, 0.2) is 72.9 Å². The van der Waals surface area contributed by atoms with E-state index in [0.29, 0.717) is 37.2 Å². The lowest BCUT2D eigenvalue weighted by molar-refractivity contribution is 0.0755. The van der Waals surface area contributed by atoms with Crippen molar-refractivity contribution in [3.05, 3.63) is 101 Å². The predicted molar refractivity (Wildman–Crippen MR) is 172 cm³/mol. The van der Waals surface area contributed by atoms with E-state index in [1.165, 1.54) is 0 Å². The second kappa shape index (κ2) is 15.4. The van der Waals surface area contributed by atoms with E-state index < -0.39 is 12.1 Å². The Kier molecular flexibility index (Phi) is 11.4. The summed E-state index contributed by atoms with van der Waals surface area (Å²) in [5.41, 5.74) is 4.79. The predicted octanol–water partition coefficient (Wildman–Crippen LogP) is 5.24. The first-order chi connectivity index (χ1) is 20.8. The molecule has 0 bridgehead atoms.